The highest BCUT2D eigenvalue weighted by atomic mass is 32.2. The van der Waals surface area contributed by atoms with Crippen LogP contribution in [0.2, 0.25) is 0 Å². The zero-order valence-corrected chi connectivity index (χ0v) is 11.9. The number of aromatic carboxylic acids is 1. The molecule has 0 aromatic heterocycles. The Morgan fingerprint density at radius 1 is 1.45 bits per heavy atom. The maximum absolute atomic E-state index is 12.0. The van der Waals surface area contributed by atoms with Crippen molar-refractivity contribution in [2.75, 3.05) is 7.11 Å². The van der Waals surface area contributed by atoms with E-state index < -0.39 is 16.0 Å². The molecule has 0 saturated heterocycles. The first-order valence-electron chi connectivity index (χ1n) is 6.24. The molecule has 2 rings (SSSR count). The first-order valence-corrected chi connectivity index (χ1v) is 7.90. The van der Waals surface area contributed by atoms with E-state index in [-0.39, 0.29) is 23.5 Å². The zero-order chi connectivity index (χ0) is 14.8. The van der Waals surface area contributed by atoms with Gasteiger partial charge in [0.2, 0.25) is 10.0 Å². The number of methoxy groups -OCH3 is 1. The van der Waals surface area contributed by atoms with Crippen LogP contribution in [0.1, 0.15) is 28.8 Å². The van der Waals surface area contributed by atoms with Gasteiger partial charge < -0.3 is 9.84 Å². The van der Waals surface area contributed by atoms with Crippen molar-refractivity contribution in [2.24, 2.45) is 0 Å². The number of carboxylic acid groups (broad SMARTS) is 1. The molecule has 1 aromatic rings. The second-order valence-corrected chi connectivity index (χ2v) is 6.66. The number of rotatable bonds is 6. The molecular weight excluding hydrogens is 282 g/mol. The highest BCUT2D eigenvalue weighted by Crippen LogP contribution is 2.23. The maximum atomic E-state index is 12.0. The number of sulfonamides is 1. The normalized spacial score (nSPS) is 22.2. The van der Waals surface area contributed by atoms with E-state index >= 15 is 0 Å². The summed E-state index contributed by atoms with van der Waals surface area (Å²) in [4.78, 5) is 10.8. The minimum Gasteiger partial charge on any atom is -0.478 e. The number of ether oxygens (including phenoxy) is 1. The van der Waals surface area contributed by atoms with E-state index in [1.54, 1.807) is 19.2 Å². The van der Waals surface area contributed by atoms with Crippen LogP contribution >= 0.6 is 0 Å². The predicted octanol–water partition coefficient (Wildman–Crippen LogP) is 0.982. The van der Waals surface area contributed by atoms with Crippen molar-refractivity contribution in [1.29, 1.82) is 0 Å². The first kappa shape index (κ1) is 15.0. The zero-order valence-electron chi connectivity index (χ0n) is 11.1. The molecule has 0 spiro atoms. The number of carboxylic acids is 1. The molecule has 0 aliphatic heterocycles. The summed E-state index contributed by atoms with van der Waals surface area (Å²) in [5.74, 6) is -1.29. The van der Waals surface area contributed by atoms with Crippen LogP contribution in [0.15, 0.2) is 24.3 Å². The molecule has 6 nitrogen and oxygen atoms in total. The molecule has 0 unspecified atom stereocenters. The largest absolute Gasteiger partial charge is 0.478 e. The van der Waals surface area contributed by atoms with E-state index in [1.807, 2.05) is 0 Å². The fourth-order valence-electron chi connectivity index (χ4n) is 2.16. The first-order chi connectivity index (χ1) is 9.39. The fraction of sp³-hybridized carbons (Fsp3) is 0.462. The Kier molecular flexibility index (Phi) is 4.42. The third-order valence-electron chi connectivity index (χ3n) is 3.30. The molecule has 0 atom stereocenters. The Morgan fingerprint density at radius 3 is 2.75 bits per heavy atom. The van der Waals surface area contributed by atoms with Gasteiger partial charge in [0.25, 0.3) is 0 Å². The Bertz CT molecular complexity index is 593. The van der Waals surface area contributed by atoms with Crippen LogP contribution in [0.3, 0.4) is 0 Å². The Labute approximate surface area is 117 Å². The molecule has 1 aliphatic carbocycles. The molecule has 0 heterocycles. The van der Waals surface area contributed by atoms with Crippen LogP contribution in [-0.2, 0) is 20.5 Å². The maximum Gasteiger partial charge on any atom is 0.335 e. The summed E-state index contributed by atoms with van der Waals surface area (Å²) in [5.41, 5.74) is 0.542. The van der Waals surface area contributed by atoms with Gasteiger partial charge in [0.15, 0.2) is 0 Å². The second-order valence-electron chi connectivity index (χ2n) is 4.91. The van der Waals surface area contributed by atoms with Gasteiger partial charge in [-0.25, -0.2) is 17.9 Å². The van der Waals surface area contributed by atoms with Crippen molar-refractivity contribution in [3.63, 3.8) is 0 Å². The molecule has 2 N–H and O–H groups in total. The number of hydrogen-bond acceptors (Lipinski definition) is 4. The molecule has 1 fully saturated rings. The highest BCUT2D eigenvalue weighted by molar-refractivity contribution is 7.88. The van der Waals surface area contributed by atoms with Crippen molar-refractivity contribution < 1.29 is 23.1 Å². The lowest BCUT2D eigenvalue weighted by Gasteiger charge is -2.34. The summed E-state index contributed by atoms with van der Waals surface area (Å²) in [6, 6.07) is 5.86. The van der Waals surface area contributed by atoms with Crippen LogP contribution in [0.25, 0.3) is 0 Å². The van der Waals surface area contributed by atoms with Crippen LogP contribution in [0, 0.1) is 0 Å². The van der Waals surface area contributed by atoms with Gasteiger partial charge in [-0.15, -0.1) is 0 Å². The molecule has 1 aliphatic rings. The standard InChI is InChI=1S/C13H17NO5S/c1-19-12-6-11(7-12)14-20(17,18)8-9-3-2-4-10(5-9)13(15)16/h2-5,11-12,14H,6-8H2,1H3,(H,15,16). The van der Waals surface area contributed by atoms with E-state index in [2.05, 4.69) is 4.72 Å². The second kappa shape index (κ2) is 5.90. The molecular formula is C13H17NO5S. The van der Waals surface area contributed by atoms with E-state index in [0.29, 0.717) is 18.4 Å². The minimum absolute atomic E-state index is 0.0841. The number of carbonyl (C=O) groups is 1. The van der Waals surface area contributed by atoms with E-state index in [9.17, 15) is 13.2 Å². The molecule has 0 radical (unpaired) electrons. The Hall–Kier alpha value is -1.44. The molecule has 20 heavy (non-hydrogen) atoms. The monoisotopic (exact) mass is 299 g/mol. The summed E-state index contributed by atoms with van der Waals surface area (Å²) in [6.45, 7) is 0. The summed E-state index contributed by atoms with van der Waals surface area (Å²) < 4.78 is 31.7. The van der Waals surface area contributed by atoms with E-state index in [0.717, 1.165) is 0 Å². The van der Waals surface area contributed by atoms with Gasteiger partial charge in [0.1, 0.15) is 0 Å². The molecule has 0 bridgehead atoms. The SMILES string of the molecule is COC1CC(NS(=O)(=O)Cc2cccc(C(=O)O)c2)C1. The van der Waals surface area contributed by atoms with Crippen LogP contribution < -0.4 is 4.72 Å². The van der Waals surface area contributed by atoms with Gasteiger partial charge in [0.05, 0.1) is 17.4 Å². The Morgan fingerprint density at radius 2 is 2.15 bits per heavy atom. The average molecular weight is 299 g/mol. The predicted molar refractivity (Wildman–Crippen MR) is 73.0 cm³/mol. The van der Waals surface area contributed by atoms with Crippen molar-refractivity contribution in [3.8, 4) is 0 Å². The smallest absolute Gasteiger partial charge is 0.335 e. The third kappa shape index (κ3) is 3.78. The minimum atomic E-state index is -3.47. The fourth-order valence-corrected chi connectivity index (χ4v) is 3.57. The molecule has 1 aromatic carbocycles. The van der Waals surface area contributed by atoms with Gasteiger partial charge in [-0.2, -0.15) is 0 Å². The summed E-state index contributed by atoms with van der Waals surface area (Å²) >= 11 is 0. The Balaban J connectivity index is 1.98. The lowest BCUT2D eigenvalue weighted by atomic mass is 9.90. The van der Waals surface area contributed by atoms with Crippen molar-refractivity contribution in [2.45, 2.75) is 30.7 Å². The molecule has 7 heteroatoms. The van der Waals surface area contributed by atoms with Crippen molar-refractivity contribution in [1.82, 2.24) is 4.72 Å². The summed E-state index contributed by atoms with van der Waals surface area (Å²) in [5, 5.41) is 8.88. The van der Waals surface area contributed by atoms with Crippen LogP contribution in [0.4, 0.5) is 0 Å². The lowest BCUT2D eigenvalue weighted by molar-refractivity contribution is 0.0236. The van der Waals surface area contributed by atoms with E-state index in [4.69, 9.17) is 9.84 Å². The number of nitrogens with one attached hydrogen (secondary N) is 1. The lowest BCUT2D eigenvalue weighted by Crippen LogP contribution is -2.47. The average Bonchev–Trinajstić information content (AvgIpc) is 2.33. The van der Waals surface area contributed by atoms with Gasteiger partial charge >= 0.3 is 5.97 Å². The van der Waals surface area contributed by atoms with Crippen LogP contribution in [0.5, 0.6) is 0 Å². The van der Waals surface area contributed by atoms with Gasteiger partial charge in [-0.1, -0.05) is 12.1 Å². The van der Waals surface area contributed by atoms with Crippen LogP contribution in [-0.4, -0.2) is 38.7 Å². The van der Waals surface area contributed by atoms with Gasteiger partial charge in [-0.3, -0.25) is 0 Å². The summed E-state index contributed by atoms with van der Waals surface area (Å²) in [7, 11) is -1.86. The van der Waals surface area contributed by atoms with Gasteiger partial charge in [0, 0.05) is 13.2 Å². The van der Waals surface area contributed by atoms with Crippen molar-refractivity contribution in [3.05, 3.63) is 35.4 Å². The topological polar surface area (TPSA) is 92.7 Å². The molecule has 110 valence electrons. The summed E-state index contributed by atoms with van der Waals surface area (Å²) in [6.07, 6.45) is 1.47. The van der Waals surface area contributed by atoms with E-state index in [1.165, 1.54) is 12.1 Å². The highest BCUT2D eigenvalue weighted by Gasteiger charge is 2.32. The van der Waals surface area contributed by atoms with Crippen molar-refractivity contribution >= 4 is 16.0 Å². The molecule has 0 amide bonds. The number of benzene rings is 1. The quantitative estimate of drug-likeness (QED) is 0.817. The number of hydrogen-bond donors (Lipinski definition) is 2. The third-order valence-corrected chi connectivity index (χ3v) is 4.71. The molecule has 1 saturated carbocycles. The van der Waals surface area contributed by atoms with Gasteiger partial charge in [-0.05, 0) is 30.5 Å².